The Morgan fingerprint density at radius 3 is 2.80 bits per heavy atom. The number of hydrogen-bond donors (Lipinski definition) is 0. The molecule has 1 aliphatic rings. The molecule has 7 nitrogen and oxygen atoms in total. The van der Waals surface area contributed by atoms with Crippen LogP contribution < -0.4 is 5.76 Å². The van der Waals surface area contributed by atoms with Crippen molar-refractivity contribution in [2.45, 2.75) is 59.0 Å². The molecule has 0 aromatic carbocycles. The first kappa shape index (κ1) is 20.1. The van der Waals surface area contributed by atoms with Gasteiger partial charge < -0.3 is 4.57 Å². The third-order valence-corrected chi connectivity index (χ3v) is 5.80. The normalized spacial score (nSPS) is 14.0. The molecule has 0 aliphatic heterocycles. The van der Waals surface area contributed by atoms with Gasteiger partial charge in [0.1, 0.15) is 5.69 Å². The molecule has 0 radical (unpaired) electrons. The summed E-state index contributed by atoms with van der Waals surface area (Å²) in [5, 5.41) is 3.81. The summed E-state index contributed by atoms with van der Waals surface area (Å²) in [6, 6.07) is 7.20. The van der Waals surface area contributed by atoms with Gasteiger partial charge in [-0.3, -0.25) is 14.3 Å². The van der Waals surface area contributed by atoms with Gasteiger partial charge in [0.05, 0.1) is 6.54 Å². The Morgan fingerprint density at radius 2 is 2.07 bits per heavy atom. The Kier molecular flexibility index (Phi) is 5.79. The largest absolute Gasteiger partial charge is 0.442 e. The lowest BCUT2D eigenvalue weighted by Gasteiger charge is -2.15. The fraction of sp³-hybridized carbons (Fsp3) is 0.391. The zero-order chi connectivity index (χ0) is 21.1. The van der Waals surface area contributed by atoms with E-state index in [1.54, 1.807) is 24.4 Å². The maximum atomic E-state index is 13.1. The summed E-state index contributed by atoms with van der Waals surface area (Å²) in [5.74, 6) is -0.553. The molecule has 4 rings (SSSR count). The fourth-order valence-electron chi connectivity index (χ4n) is 4.13. The summed E-state index contributed by atoms with van der Waals surface area (Å²) >= 11 is 0. The molecule has 0 spiro atoms. The van der Waals surface area contributed by atoms with Crippen LogP contribution in [-0.4, -0.2) is 25.1 Å². The Bertz CT molecular complexity index is 1140. The number of Topliss-reactive ketones (excluding diaryl/α,β-unsaturated/α-hetero) is 1. The summed E-state index contributed by atoms with van der Waals surface area (Å²) in [7, 11) is 0. The van der Waals surface area contributed by atoms with Crippen LogP contribution in [0.15, 0.2) is 51.4 Å². The maximum Gasteiger partial charge on any atom is 0.442 e. The zero-order valence-electron chi connectivity index (χ0n) is 17.4. The molecule has 7 heteroatoms. The van der Waals surface area contributed by atoms with Gasteiger partial charge >= 0.3 is 5.76 Å². The van der Waals surface area contributed by atoms with E-state index in [9.17, 15) is 9.59 Å². The van der Waals surface area contributed by atoms with Crippen molar-refractivity contribution in [3.05, 3.63) is 69.6 Å². The number of aromatic nitrogens is 4. The van der Waals surface area contributed by atoms with Crippen LogP contribution in [-0.2, 0) is 13.1 Å². The molecule has 0 saturated carbocycles. The lowest BCUT2D eigenvalue weighted by atomic mass is 9.97. The van der Waals surface area contributed by atoms with Gasteiger partial charge in [0.15, 0.2) is 5.78 Å². The quantitative estimate of drug-likeness (QED) is 0.436. The van der Waals surface area contributed by atoms with Gasteiger partial charge in [-0.15, -0.1) is 0 Å². The number of hydrogen-bond acceptors (Lipinski definition) is 5. The van der Waals surface area contributed by atoms with Crippen LogP contribution in [0, 0.1) is 13.8 Å². The molecule has 30 heavy (non-hydrogen) atoms. The molecular weight excluding hydrogens is 380 g/mol. The highest BCUT2D eigenvalue weighted by atomic mass is 16.5. The summed E-state index contributed by atoms with van der Waals surface area (Å²) in [6.07, 6.45) is 9.89. The highest BCUT2D eigenvalue weighted by Gasteiger charge is 2.21. The van der Waals surface area contributed by atoms with E-state index in [0.717, 1.165) is 24.4 Å². The summed E-state index contributed by atoms with van der Waals surface area (Å²) in [5.41, 5.74) is 4.61. The van der Waals surface area contributed by atoms with Gasteiger partial charge in [-0.1, -0.05) is 22.9 Å². The van der Waals surface area contributed by atoms with Gasteiger partial charge in [-0.05, 0) is 64.2 Å². The van der Waals surface area contributed by atoms with Gasteiger partial charge in [0, 0.05) is 29.7 Å². The van der Waals surface area contributed by atoms with Crippen LogP contribution in [0.4, 0.5) is 0 Å². The van der Waals surface area contributed by atoms with Crippen molar-refractivity contribution in [3.63, 3.8) is 0 Å². The van der Waals surface area contributed by atoms with Crippen LogP contribution in [0.2, 0.25) is 0 Å². The predicted molar refractivity (Wildman–Crippen MR) is 113 cm³/mol. The van der Waals surface area contributed by atoms with Crippen LogP contribution in [0.1, 0.15) is 53.8 Å². The molecule has 0 unspecified atom stereocenters. The first-order chi connectivity index (χ1) is 14.5. The van der Waals surface area contributed by atoms with Crippen molar-refractivity contribution in [3.8, 4) is 11.5 Å². The van der Waals surface area contributed by atoms with Crippen molar-refractivity contribution in [1.82, 2.24) is 19.3 Å². The number of carbonyl (C=O) groups is 1. The van der Waals surface area contributed by atoms with E-state index in [1.165, 1.54) is 35.8 Å². The van der Waals surface area contributed by atoms with Gasteiger partial charge in [-0.25, -0.2) is 9.36 Å². The smallest absolute Gasteiger partial charge is 0.348 e. The lowest BCUT2D eigenvalue weighted by Crippen LogP contribution is -2.21. The molecule has 0 bridgehead atoms. The zero-order valence-corrected chi connectivity index (χ0v) is 17.4. The van der Waals surface area contributed by atoms with E-state index in [4.69, 9.17) is 4.52 Å². The second-order valence-corrected chi connectivity index (χ2v) is 7.79. The first-order valence-electron chi connectivity index (χ1n) is 10.4. The summed E-state index contributed by atoms with van der Waals surface area (Å²) in [4.78, 5) is 29.4. The average molecular weight is 406 g/mol. The third-order valence-electron chi connectivity index (χ3n) is 5.80. The Balaban J connectivity index is 1.54. The topological polar surface area (TPSA) is 82.9 Å². The second kappa shape index (κ2) is 8.65. The second-order valence-electron chi connectivity index (χ2n) is 7.79. The lowest BCUT2D eigenvalue weighted by molar-refractivity contribution is 0.0969. The van der Waals surface area contributed by atoms with E-state index >= 15 is 0 Å². The molecule has 0 saturated heterocycles. The highest BCUT2D eigenvalue weighted by Crippen LogP contribution is 2.23. The Labute approximate surface area is 175 Å². The van der Waals surface area contributed by atoms with E-state index in [-0.39, 0.29) is 18.2 Å². The molecule has 0 N–H and O–H groups in total. The van der Waals surface area contributed by atoms with Crippen molar-refractivity contribution in [1.29, 1.82) is 0 Å². The molecule has 1 aliphatic carbocycles. The minimum atomic E-state index is -0.665. The number of nitrogens with zero attached hydrogens (tertiary/aromatic N) is 4. The predicted octanol–water partition coefficient (Wildman–Crippen LogP) is 4.09. The minimum Gasteiger partial charge on any atom is -0.348 e. The summed E-state index contributed by atoms with van der Waals surface area (Å²) in [6.45, 7) is 4.71. The number of allylic oxidation sites excluding steroid dienone is 2. The van der Waals surface area contributed by atoms with Gasteiger partial charge in [0.25, 0.3) is 0 Å². The molecule has 156 valence electrons. The molecule has 3 aromatic rings. The molecule has 0 amide bonds. The molecule has 0 atom stereocenters. The highest BCUT2D eigenvalue weighted by molar-refractivity contribution is 5.97. The van der Waals surface area contributed by atoms with Crippen LogP contribution >= 0.6 is 0 Å². The van der Waals surface area contributed by atoms with E-state index < -0.39 is 5.76 Å². The number of pyridine rings is 1. The SMILES string of the molecule is Cc1cc(C(=O)Cn2c(-c3ccccn3)noc2=O)c(C)n1CCC1=CCCCC1. The third kappa shape index (κ3) is 4.06. The van der Waals surface area contributed by atoms with Gasteiger partial charge in [-0.2, -0.15) is 0 Å². The van der Waals surface area contributed by atoms with Crippen molar-refractivity contribution in [2.75, 3.05) is 0 Å². The van der Waals surface area contributed by atoms with E-state index in [1.807, 2.05) is 19.9 Å². The average Bonchev–Trinajstić information content (AvgIpc) is 3.27. The van der Waals surface area contributed by atoms with Crippen LogP contribution in [0.5, 0.6) is 0 Å². The van der Waals surface area contributed by atoms with Crippen LogP contribution in [0.3, 0.4) is 0 Å². The Hall–Kier alpha value is -3.22. The fourth-order valence-corrected chi connectivity index (χ4v) is 4.13. The standard InChI is InChI=1S/C23H26N4O3/c1-16-14-19(17(2)26(16)13-11-18-8-4-3-5-9-18)21(28)15-27-22(25-30-23(27)29)20-10-6-7-12-24-20/h6-8,10,12,14H,3-5,9,11,13,15H2,1-2H3. The summed E-state index contributed by atoms with van der Waals surface area (Å²) < 4.78 is 8.24. The van der Waals surface area contributed by atoms with Crippen molar-refractivity contribution < 1.29 is 9.32 Å². The van der Waals surface area contributed by atoms with E-state index in [0.29, 0.717) is 11.3 Å². The molecule has 3 heterocycles. The van der Waals surface area contributed by atoms with Crippen molar-refractivity contribution in [2.24, 2.45) is 0 Å². The monoisotopic (exact) mass is 406 g/mol. The molecule has 0 fully saturated rings. The van der Waals surface area contributed by atoms with E-state index in [2.05, 4.69) is 20.8 Å². The number of carbonyl (C=O) groups excluding carboxylic acids is 1. The first-order valence-corrected chi connectivity index (χ1v) is 10.4. The van der Waals surface area contributed by atoms with Gasteiger partial charge in [0.2, 0.25) is 5.82 Å². The maximum absolute atomic E-state index is 13.1. The Morgan fingerprint density at radius 1 is 1.20 bits per heavy atom. The van der Waals surface area contributed by atoms with Crippen molar-refractivity contribution >= 4 is 5.78 Å². The number of aryl methyl sites for hydroxylation is 1. The number of ketones is 1. The van der Waals surface area contributed by atoms with Crippen LogP contribution in [0.25, 0.3) is 11.5 Å². The number of rotatable bonds is 7. The molecular formula is C23H26N4O3. The minimum absolute atomic E-state index is 0.135. The molecule has 3 aromatic heterocycles.